The van der Waals surface area contributed by atoms with E-state index in [2.05, 4.69) is 35.6 Å². The lowest BCUT2D eigenvalue weighted by atomic mass is 10.00. The average molecular weight is 493 g/mol. The van der Waals surface area contributed by atoms with Crippen LogP contribution in [-0.2, 0) is 6.18 Å². The number of hydrogen-bond donors (Lipinski definition) is 4. The maximum Gasteiger partial charge on any atom is 0.417 e. The predicted molar refractivity (Wildman–Crippen MR) is 133 cm³/mol. The smallest absolute Gasteiger partial charge is 0.371 e. The van der Waals surface area contributed by atoms with Gasteiger partial charge in [0.1, 0.15) is 5.82 Å². The molecule has 0 amide bonds. The van der Waals surface area contributed by atoms with Gasteiger partial charge in [-0.2, -0.15) is 18.3 Å². The Kier molecular flexibility index (Phi) is 5.20. The summed E-state index contributed by atoms with van der Waals surface area (Å²) in [6, 6.07) is 13.2. The van der Waals surface area contributed by atoms with Crippen molar-refractivity contribution in [2.24, 2.45) is 0 Å². The largest absolute Gasteiger partial charge is 0.417 e. The number of fused-ring (bicyclic) bond motifs is 2. The van der Waals surface area contributed by atoms with Gasteiger partial charge in [-0.3, -0.25) is 20.1 Å². The summed E-state index contributed by atoms with van der Waals surface area (Å²) in [7, 11) is 0. The fourth-order valence-electron chi connectivity index (χ4n) is 4.76. The van der Waals surface area contributed by atoms with Crippen molar-refractivity contribution in [2.75, 3.05) is 23.3 Å². The number of aromatic amines is 3. The Hall–Kier alpha value is -4.28. The fourth-order valence-corrected chi connectivity index (χ4v) is 4.76. The molecule has 0 aliphatic carbocycles. The van der Waals surface area contributed by atoms with Gasteiger partial charge in [-0.25, -0.2) is 4.98 Å². The van der Waals surface area contributed by atoms with Crippen LogP contribution in [-0.4, -0.2) is 38.5 Å². The van der Waals surface area contributed by atoms with E-state index in [1.54, 1.807) is 6.07 Å². The van der Waals surface area contributed by atoms with Gasteiger partial charge in [0, 0.05) is 35.8 Å². The molecule has 11 heteroatoms. The minimum atomic E-state index is -4.65. The van der Waals surface area contributed by atoms with Crippen molar-refractivity contribution in [3.8, 4) is 11.3 Å². The number of piperidine rings is 1. The number of alkyl halides is 3. The molecule has 184 valence electrons. The minimum absolute atomic E-state index is 0.0876. The molecule has 0 unspecified atom stereocenters. The average Bonchev–Trinajstić information content (AvgIpc) is 3.46. The molecular formula is C25H22F3N7O. The van der Waals surface area contributed by atoms with Crippen LogP contribution in [0.25, 0.3) is 33.1 Å². The van der Waals surface area contributed by atoms with Crippen LogP contribution in [0, 0.1) is 0 Å². The Balaban J connectivity index is 1.53. The number of hydrogen-bond acceptors (Lipinski definition) is 5. The number of nitrogens with one attached hydrogen (secondary N) is 4. The summed E-state index contributed by atoms with van der Waals surface area (Å²) in [6.45, 7) is 1.60. The van der Waals surface area contributed by atoms with E-state index in [4.69, 9.17) is 0 Å². The Labute approximate surface area is 202 Å². The van der Waals surface area contributed by atoms with E-state index in [1.807, 2.05) is 30.3 Å². The Morgan fingerprint density at radius 2 is 1.72 bits per heavy atom. The van der Waals surface area contributed by atoms with Crippen molar-refractivity contribution in [1.29, 1.82) is 0 Å². The van der Waals surface area contributed by atoms with Crippen molar-refractivity contribution >= 4 is 39.1 Å². The molecule has 3 aromatic heterocycles. The zero-order valence-corrected chi connectivity index (χ0v) is 19.0. The molecule has 8 nitrogen and oxygen atoms in total. The van der Waals surface area contributed by atoms with Gasteiger partial charge in [0.25, 0.3) is 5.56 Å². The Bertz CT molecular complexity index is 1630. The van der Waals surface area contributed by atoms with Crippen molar-refractivity contribution < 1.29 is 13.2 Å². The summed E-state index contributed by atoms with van der Waals surface area (Å²) in [6.07, 6.45) is -1.53. The van der Waals surface area contributed by atoms with E-state index < -0.39 is 17.3 Å². The molecule has 5 aromatic rings. The molecule has 0 spiro atoms. The first-order valence-corrected chi connectivity index (χ1v) is 11.7. The number of benzene rings is 2. The lowest BCUT2D eigenvalue weighted by molar-refractivity contribution is -0.137. The summed E-state index contributed by atoms with van der Waals surface area (Å²) in [5.74, 6) is 0.884. The second-order valence-electron chi connectivity index (χ2n) is 8.91. The van der Waals surface area contributed by atoms with Gasteiger partial charge in [-0.15, -0.1) is 0 Å². The van der Waals surface area contributed by atoms with Crippen LogP contribution < -0.4 is 15.8 Å². The maximum absolute atomic E-state index is 14.1. The van der Waals surface area contributed by atoms with E-state index in [1.165, 1.54) is 6.07 Å². The van der Waals surface area contributed by atoms with Gasteiger partial charge in [-0.1, -0.05) is 12.1 Å². The maximum atomic E-state index is 14.1. The highest BCUT2D eigenvalue weighted by molar-refractivity contribution is 5.91. The minimum Gasteiger partial charge on any atom is -0.371 e. The SMILES string of the molecule is O=c1[nH][nH]c2cc(C(F)(F)F)c(-c3cc(N4CCCCC4)cc(Nc4n[nH]c5ccccc45)n3)cc12. The van der Waals surface area contributed by atoms with Crippen LogP contribution in [0.15, 0.2) is 53.3 Å². The first-order valence-electron chi connectivity index (χ1n) is 11.7. The number of anilines is 3. The molecule has 0 saturated carbocycles. The third-order valence-corrected chi connectivity index (χ3v) is 6.54. The molecule has 4 N–H and O–H groups in total. The monoisotopic (exact) mass is 493 g/mol. The Morgan fingerprint density at radius 3 is 2.53 bits per heavy atom. The number of nitrogens with zero attached hydrogens (tertiary/aromatic N) is 3. The molecule has 1 aliphatic rings. The molecular weight excluding hydrogens is 471 g/mol. The molecule has 2 aromatic carbocycles. The number of H-pyrrole nitrogens is 3. The van der Waals surface area contributed by atoms with Gasteiger partial charge in [0.2, 0.25) is 0 Å². The van der Waals surface area contributed by atoms with Gasteiger partial charge in [-0.05, 0) is 49.6 Å². The third kappa shape index (κ3) is 3.96. The summed E-state index contributed by atoms with van der Waals surface area (Å²) in [5, 5.41) is 16.3. The third-order valence-electron chi connectivity index (χ3n) is 6.54. The van der Waals surface area contributed by atoms with Crippen LogP contribution in [0.2, 0.25) is 0 Å². The first kappa shape index (κ1) is 22.2. The van der Waals surface area contributed by atoms with Crippen LogP contribution in [0.5, 0.6) is 0 Å². The van der Waals surface area contributed by atoms with E-state index >= 15 is 0 Å². The summed E-state index contributed by atoms with van der Waals surface area (Å²) >= 11 is 0. The quantitative estimate of drug-likeness (QED) is 0.263. The highest BCUT2D eigenvalue weighted by atomic mass is 19.4. The van der Waals surface area contributed by atoms with Crippen molar-refractivity contribution in [3.63, 3.8) is 0 Å². The first-order chi connectivity index (χ1) is 17.4. The van der Waals surface area contributed by atoms with Crippen LogP contribution in [0.3, 0.4) is 0 Å². The zero-order valence-electron chi connectivity index (χ0n) is 19.0. The van der Waals surface area contributed by atoms with Crippen LogP contribution in [0.4, 0.5) is 30.5 Å². The number of rotatable bonds is 4. The zero-order chi connectivity index (χ0) is 24.9. The fraction of sp³-hybridized carbons (Fsp3) is 0.240. The lowest BCUT2D eigenvalue weighted by Crippen LogP contribution is -2.29. The molecule has 0 atom stereocenters. The number of halogens is 3. The highest BCUT2D eigenvalue weighted by Crippen LogP contribution is 2.40. The normalized spacial score (nSPS) is 14.6. The van der Waals surface area contributed by atoms with Gasteiger partial charge < -0.3 is 10.2 Å². The number of pyridine rings is 1. The van der Waals surface area contributed by atoms with Crippen molar-refractivity contribution in [2.45, 2.75) is 25.4 Å². The molecule has 0 bridgehead atoms. The topological polar surface area (TPSA) is 105 Å². The van der Waals surface area contributed by atoms with Gasteiger partial charge >= 0.3 is 6.18 Å². The van der Waals surface area contributed by atoms with Crippen LogP contribution in [0.1, 0.15) is 24.8 Å². The number of para-hydroxylation sites is 1. The molecule has 1 fully saturated rings. The molecule has 4 heterocycles. The summed E-state index contributed by atoms with van der Waals surface area (Å²) in [5.41, 5.74) is 0.272. The van der Waals surface area contributed by atoms with E-state index in [-0.39, 0.29) is 22.2 Å². The number of aromatic nitrogens is 5. The van der Waals surface area contributed by atoms with Gasteiger partial charge in [0.05, 0.1) is 27.7 Å². The van der Waals surface area contributed by atoms with E-state index in [9.17, 15) is 18.0 Å². The second kappa shape index (κ2) is 8.43. The molecule has 6 rings (SSSR count). The molecule has 1 aliphatic heterocycles. The molecule has 1 saturated heterocycles. The highest BCUT2D eigenvalue weighted by Gasteiger charge is 2.35. The second-order valence-corrected chi connectivity index (χ2v) is 8.91. The summed E-state index contributed by atoms with van der Waals surface area (Å²) < 4.78 is 42.4. The summed E-state index contributed by atoms with van der Waals surface area (Å²) in [4.78, 5) is 18.9. The van der Waals surface area contributed by atoms with E-state index in [0.29, 0.717) is 11.6 Å². The van der Waals surface area contributed by atoms with Crippen LogP contribution >= 0.6 is 0 Å². The predicted octanol–water partition coefficient (Wildman–Crippen LogP) is 5.55. The van der Waals surface area contributed by atoms with Crippen molar-refractivity contribution in [1.82, 2.24) is 25.4 Å². The molecule has 36 heavy (non-hydrogen) atoms. The Morgan fingerprint density at radius 1 is 0.917 bits per heavy atom. The standard InChI is InChI=1S/C25H22F3N7O/c26-25(27,28)18-13-21-17(24(36)34-32-21)12-16(18)20-10-14(35-8-4-1-5-9-35)11-22(29-20)30-23-15-6-2-3-7-19(15)31-33-23/h2-3,6-7,10-13H,1,4-5,8-9H2,(H2,32,34,36)(H2,29,30,31,33). The van der Waals surface area contributed by atoms with Gasteiger partial charge in [0.15, 0.2) is 5.82 Å². The van der Waals surface area contributed by atoms with E-state index in [0.717, 1.165) is 55.0 Å². The van der Waals surface area contributed by atoms with Crippen molar-refractivity contribution in [3.05, 3.63) is 64.4 Å². The molecule has 0 radical (unpaired) electrons. The lowest BCUT2D eigenvalue weighted by Gasteiger charge is -2.29.